The van der Waals surface area contributed by atoms with Gasteiger partial charge in [-0.3, -0.25) is 4.79 Å². The molecule has 1 amide bonds. The largest absolute Gasteiger partial charge is 0.456 e. The van der Waals surface area contributed by atoms with Gasteiger partial charge in [0.25, 0.3) is 5.91 Å². The topological polar surface area (TPSA) is 60.5 Å². The summed E-state index contributed by atoms with van der Waals surface area (Å²) in [7, 11) is 0. The van der Waals surface area contributed by atoms with Gasteiger partial charge in [-0.25, -0.2) is 9.37 Å². The van der Waals surface area contributed by atoms with Gasteiger partial charge in [-0.05, 0) is 55.3 Å². The van der Waals surface area contributed by atoms with Crippen LogP contribution in [0, 0.1) is 12.7 Å². The van der Waals surface area contributed by atoms with Crippen molar-refractivity contribution in [1.82, 2.24) is 14.5 Å². The summed E-state index contributed by atoms with van der Waals surface area (Å²) in [4.78, 5) is 19.0. The molecule has 0 saturated carbocycles. The van der Waals surface area contributed by atoms with E-state index in [1.54, 1.807) is 35.4 Å². The van der Waals surface area contributed by atoms with Gasteiger partial charge in [0.2, 0.25) is 0 Å². The number of amides is 1. The number of benzene rings is 1. The molecule has 1 atom stereocenters. The van der Waals surface area contributed by atoms with Crippen molar-refractivity contribution >= 4 is 5.91 Å². The SMILES string of the molecule is Cc1ccc(C(=O)N2CCC3(C2)Cn2c(-c4ccc(F)cc4)cnc2CO3)o1. The van der Waals surface area contributed by atoms with Crippen LogP contribution >= 0.6 is 0 Å². The van der Waals surface area contributed by atoms with Crippen LogP contribution in [0.25, 0.3) is 11.3 Å². The molecule has 1 saturated heterocycles. The zero-order valence-electron chi connectivity index (χ0n) is 15.5. The molecule has 5 rings (SSSR count). The molecule has 0 aliphatic carbocycles. The first kappa shape index (κ1) is 17.2. The highest BCUT2D eigenvalue weighted by Crippen LogP contribution is 2.35. The van der Waals surface area contributed by atoms with E-state index in [1.807, 2.05) is 6.92 Å². The first-order chi connectivity index (χ1) is 13.5. The number of carbonyl (C=O) groups is 1. The molecular formula is C21H20FN3O3. The molecule has 1 fully saturated rings. The molecular weight excluding hydrogens is 361 g/mol. The van der Waals surface area contributed by atoms with Crippen molar-refractivity contribution < 1.29 is 18.3 Å². The summed E-state index contributed by atoms with van der Waals surface area (Å²) >= 11 is 0. The Balaban J connectivity index is 1.39. The molecule has 6 nitrogen and oxygen atoms in total. The van der Waals surface area contributed by atoms with Crippen molar-refractivity contribution in [3.8, 4) is 11.3 Å². The number of imidazole rings is 1. The van der Waals surface area contributed by atoms with Crippen LogP contribution < -0.4 is 0 Å². The number of hydrogen-bond donors (Lipinski definition) is 0. The van der Waals surface area contributed by atoms with Crippen molar-refractivity contribution in [2.75, 3.05) is 13.1 Å². The number of aromatic nitrogens is 2. The third kappa shape index (κ3) is 2.82. The number of likely N-dealkylation sites (tertiary alicyclic amines) is 1. The van der Waals surface area contributed by atoms with Crippen LogP contribution in [0.15, 0.2) is 47.0 Å². The zero-order chi connectivity index (χ0) is 19.3. The maximum absolute atomic E-state index is 13.3. The summed E-state index contributed by atoms with van der Waals surface area (Å²) in [6.45, 7) is 3.95. The summed E-state index contributed by atoms with van der Waals surface area (Å²) < 4.78 is 27.1. The normalized spacial score (nSPS) is 21.3. The summed E-state index contributed by atoms with van der Waals surface area (Å²) in [5.74, 6) is 1.55. The zero-order valence-corrected chi connectivity index (χ0v) is 15.5. The quantitative estimate of drug-likeness (QED) is 0.683. The Labute approximate surface area is 161 Å². The smallest absolute Gasteiger partial charge is 0.289 e. The van der Waals surface area contributed by atoms with E-state index < -0.39 is 5.60 Å². The molecule has 2 aromatic heterocycles. The minimum atomic E-state index is -0.445. The van der Waals surface area contributed by atoms with Crippen LogP contribution in [0.3, 0.4) is 0 Å². The number of hydrogen-bond acceptors (Lipinski definition) is 4. The second-order valence-corrected chi connectivity index (χ2v) is 7.51. The lowest BCUT2D eigenvalue weighted by Crippen LogP contribution is -2.45. The number of fused-ring (bicyclic) bond motifs is 1. The van der Waals surface area contributed by atoms with E-state index in [4.69, 9.17) is 9.15 Å². The molecule has 3 aromatic rings. The second kappa shape index (κ2) is 6.31. The van der Waals surface area contributed by atoms with Crippen molar-refractivity contribution in [3.63, 3.8) is 0 Å². The number of rotatable bonds is 2. The van der Waals surface area contributed by atoms with Gasteiger partial charge in [0.1, 0.15) is 29.6 Å². The van der Waals surface area contributed by atoms with Crippen LogP contribution in [-0.4, -0.2) is 39.0 Å². The highest BCUT2D eigenvalue weighted by Gasteiger charge is 2.45. The Bertz CT molecular complexity index is 1040. The molecule has 144 valence electrons. The van der Waals surface area contributed by atoms with Crippen LogP contribution in [0.1, 0.15) is 28.6 Å². The lowest BCUT2D eigenvalue weighted by atomic mass is 10.0. The average Bonchev–Trinajstić information content (AvgIpc) is 3.41. The van der Waals surface area contributed by atoms with E-state index >= 15 is 0 Å². The lowest BCUT2D eigenvalue weighted by molar-refractivity contribution is -0.0805. The maximum atomic E-state index is 13.3. The fourth-order valence-corrected chi connectivity index (χ4v) is 4.08. The number of nitrogens with zero attached hydrogens (tertiary/aromatic N) is 3. The molecule has 28 heavy (non-hydrogen) atoms. The van der Waals surface area contributed by atoms with E-state index in [-0.39, 0.29) is 11.7 Å². The van der Waals surface area contributed by atoms with Crippen molar-refractivity contribution in [2.45, 2.75) is 32.1 Å². The lowest BCUT2D eigenvalue weighted by Gasteiger charge is -2.35. The summed E-state index contributed by atoms with van der Waals surface area (Å²) in [6, 6.07) is 9.92. The molecule has 7 heteroatoms. The third-order valence-corrected chi connectivity index (χ3v) is 5.59. The minimum absolute atomic E-state index is 0.108. The van der Waals surface area contributed by atoms with Gasteiger partial charge in [0.15, 0.2) is 5.76 Å². The van der Waals surface area contributed by atoms with Crippen LogP contribution in [0.2, 0.25) is 0 Å². The first-order valence-electron chi connectivity index (χ1n) is 9.33. The number of ether oxygens (including phenoxy) is 1. The second-order valence-electron chi connectivity index (χ2n) is 7.51. The fraction of sp³-hybridized carbons (Fsp3) is 0.333. The van der Waals surface area contributed by atoms with Gasteiger partial charge in [-0.2, -0.15) is 0 Å². The Morgan fingerprint density at radius 2 is 2.00 bits per heavy atom. The molecule has 2 aliphatic rings. The number of halogens is 1. The molecule has 4 heterocycles. The van der Waals surface area contributed by atoms with Crippen LogP contribution in [0.4, 0.5) is 4.39 Å². The highest BCUT2D eigenvalue weighted by atomic mass is 19.1. The Morgan fingerprint density at radius 1 is 1.18 bits per heavy atom. The Morgan fingerprint density at radius 3 is 2.75 bits per heavy atom. The standard InChI is InChI=1S/C21H20FN3O3/c1-14-2-7-18(28-14)20(26)24-9-8-21(12-24)13-25-17(10-23-19(25)11-27-21)15-3-5-16(22)6-4-15/h2-7,10H,8-9,11-13H2,1H3. The Kier molecular flexibility index (Phi) is 3.87. The molecule has 0 N–H and O–H groups in total. The minimum Gasteiger partial charge on any atom is -0.456 e. The molecule has 0 bridgehead atoms. The van der Waals surface area contributed by atoms with Gasteiger partial charge >= 0.3 is 0 Å². The highest BCUT2D eigenvalue weighted by molar-refractivity contribution is 5.91. The number of carbonyl (C=O) groups excluding carboxylic acids is 1. The predicted octanol–water partition coefficient (Wildman–Crippen LogP) is 3.41. The Hall–Kier alpha value is -2.93. The first-order valence-corrected chi connectivity index (χ1v) is 9.33. The average molecular weight is 381 g/mol. The molecule has 1 spiro atoms. The monoisotopic (exact) mass is 381 g/mol. The van der Waals surface area contributed by atoms with E-state index in [1.165, 1.54) is 12.1 Å². The molecule has 1 unspecified atom stereocenters. The van der Waals surface area contributed by atoms with E-state index in [9.17, 15) is 9.18 Å². The third-order valence-electron chi connectivity index (χ3n) is 5.59. The molecule has 1 aromatic carbocycles. The summed E-state index contributed by atoms with van der Waals surface area (Å²) in [5, 5.41) is 0. The molecule has 0 radical (unpaired) electrons. The van der Waals surface area contributed by atoms with Gasteiger partial charge < -0.3 is 18.6 Å². The summed E-state index contributed by atoms with van der Waals surface area (Å²) in [5.41, 5.74) is 1.40. The number of aryl methyl sites for hydroxylation is 1. The predicted molar refractivity (Wildman–Crippen MR) is 99.1 cm³/mol. The fourth-order valence-electron chi connectivity index (χ4n) is 4.08. The van der Waals surface area contributed by atoms with Gasteiger partial charge in [-0.15, -0.1) is 0 Å². The summed E-state index contributed by atoms with van der Waals surface area (Å²) in [6.07, 6.45) is 2.55. The van der Waals surface area contributed by atoms with Crippen molar-refractivity contribution in [1.29, 1.82) is 0 Å². The molecule has 2 aliphatic heterocycles. The van der Waals surface area contributed by atoms with Crippen molar-refractivity contribution in [3.05, 3.63) is 65.8 Å². The van der Waals surface area contributed by atoms with E-state index in [2.05, 4.69) is 9.55 Å². The maximum Gasteiger partial charge on any atom is 0.289 e. The van der Waals surface area contributed by atoms with Gasteiger partial charge in [0, 0.05) is 6.54 Å². The van der Waals surface area contributed by atoms with Crippen molar-refractivity contribution in [2.24, 2.45) is 0 Å². The van der Waals surface area contributed by atoms with Gasteiger partial charge in [-0.1, -0.05) is 0 Å². The van der Waals surface area contributed by atoms with E-state index in [0.717, 1.165) is 29.3 Å². The number of furan rings is 1. The van der Waals surface area contributed by atoms with Crippen LogP contribution in [0.5, 0.6) is 0 Å². The van der Waals surface area contributed by atoms with Gasteiger partial charge in [0.05, 0.1) is 25.0 Å². The van der Waals surface area contributed by atoms with E-state index in [0.29, 0.717) is 32.0 Å². The van der Waals surface area contributed by atoms with Crippen LogP contribution in [-0.2, 0) is 17.9 Å².